The molecule has 146 valence electrons. The molecule has 0 unspecified atom stereocenters. The van der Waals surface area contributed by atoms with Crippen LogP contribution < -0.4 is 19.5 Å². The average molecular weight is 380 g/mol. The lowest BCUT2D eigenvalue weighted by Gasteiger charge is -2.10. The Balaban J connectivity index is 1.79. The highest BCUT2D eigenvalue weighted by molar-refractivity contribution is 6.14. The van der Waals surface area contributed by atoms with Gasteiger partial charge in [0.25, 0.3) is 5.91 Å². The van der Waals surface area contributed by atoms with E-state index in [1.165, 1.54) is 0 Å². The van der Waals surface area contributed by atoms with Crippen molar-refractivity contribution >= 4 is 17.8 Å². The van der Waals surface area contributed by atoms with E-state index in [1.807, 2.05) is 43.3 Å². The van der Waals surface area contributed by atoms with Crippen LogP contribution in [0.25, 0.3) is 6.08 Å². The third kappa shape index (κ3) is 4.34. The number of methoxy groups -OCH3 is 3. The molecule has 0 atom stereocenters. The summed E-state index contributed by atoms with van der Waals surface area (Å²) in [6, 6.07) is 11.6. The Bertz CT molecular complexity index is 948. The molecule has 0 fully saturated rings. The van der Waals surface area contributed by atoms with Crippen molar-refractivity contribution in [2.75, 3.05) is 21.3 Å². The Morgan fingerprint density at radius 2 is 1.79 bits per heavy atom. The van der Waals surface area contributed by atoms with E-state index in [4.69, 9.17) is 14.2 Å². The molecule has 6 heteroatoms. The van der Waals surface area contributed by atoms with Crippen molar-refractivity contribution in [2.45, 2.75) is 19.8 Å². The van der Waals surface area contributed by atoms with Crippen LogP contribution in [0.15, 0.2) is 47.1 Å². The van der Waals surface area contributed by atoms with Crippen LogP contribution in [-0.2, 0) is 11.2 Å². The summed E-state index contributed by atoms with van der Waals surface area (Å²) < 4.78 is 16.1. The molecule has 1 amide bonds. The predicted octanol–water partition coefficient (Wildman–Crippen LogP) is 3.52. The molecule has 28 heavy (non-hydrogen) atoms. The minimum absolute atomic E-state index is 0.220. The van der Waals surface area contributed by atoms with Gasteiger partial charge in [-0.25, -0.2) is 4.99 Å². The summed E-state index contributed by atoms with van der Waals surface area (Å²) in [4.78, 5) is 16.8. The van der Waals surface area contributed by atoms with Gasteiger partial charge < -0.3 is 19.5 Å². The highest BCUT2D eigenvalue weighted by Gasteiger charge is 2.20. The zero-order valence-corrected chi connectivity index (χ0v) is 16.5. The molecule has 6 nitrogen and oxygen atoms in total. The first-order valence-corrected chi connectivity index (χ1v) is 9.00. The van der Waals surface area contributed by atoms with Crippen molar-refractivity contribution < 1.29 is 19.0 Å². The molecule has 0 aromatic heterocycles. The normalized spacial score (nSPS) is 14.6. The van der Waals surface area contributed by atoms with Gasteiger partial charge in [-0.1, -0.05) is 12.1 Å². The van der Waals surface area contributed by atoms with Crippen molar-refractivity contribution in [3.8, 4) is 17.2 Å². The first kappa shape index (κ1) is 19.5. The summed E-state index contributed by atoms with van der Waals surface area (Å²) in [7, 11) is 4.86. The van der Waals surface area contributed by atoms with Crippen LogP contribution in [0, 0.1) is 6.92 Å². The lowest BCUT2D eigenvalue weighted by molar-refractivity contribution is -0.115. The Labute approximate surface area is 164 Å². The zero-order valence-electron chi connectivity index (χ0n) is 16.5. The molecule has 0 saturated carbocycles. The van der Waals surface area contributed by atoms with Gasteiger partial charge >= 0.3 is 0 Å². The molecule has 0 spiro atoms. The molecule has 1 N–H and O–H groups in total. The van der Waals surface area contributed by atoms with Crippen LogP contribution in [0.4, 0.5) is 0 Å². The van der Waals surface area contributed by atoms with E-state index in [0.29, 0.717) is 23.7 Å². The first-order valence-electron chi connectivity index (χ1n) is 9.00. The fraction of sp³-hybridized carbons (Fsp3) is 0.273. The third-order valence-electron chi connectivity index (χ3n) is 4.57. The molecule has 1 aliphatic rings. The number of nitrogens with zero attached hydrogens (tertiary/aromatic N) is 1. The Morgan fingerprint density at radius 3 is 2.50 bits per heavy atom. The van der Waals surface area contributed by atoms with Crippen molar-refractivity contribution in [3.63, 3.8) is 0 Å². The van der Waals surface area contributed by atoms with Crippen LogP contribution in [0.2, 0.25) is 0 Å². The number of ether oxygens (including phenoxy) is 3. The van der Waals surface area contributed by atoms with Crippen LogP contribution in [0.5, 0.6) is 17.2 Å². The highest BCUT2D eigenvalue weighted by Crippen LogP contribution is 2.30. The number of amides is 1. The second kappa shape index (κ2) is 8.61. The van der Waals surface area contributed by atoms with Gasteiger partial charge in [-0.15, -0.1) is 0 Å². The number of amidine groups is 1. The van der Waals surface area contributed by atoms with Gasteiger partial charge in [-0.05, 0) is 54.8 Å². The number of carbonyl (C=O) groups excluding carboxylic acids is 1. The van der Waals surface area contributed by atoms with Gasteiger partial charge in [0.15, 0.2) is 0 Å². The van der Waals surface area contributed by atoms with E-state index in [2.05, 4.69) is 10.3 Å². The molecule has 2 aromatic rings. The summed E-state index contributed by atoms with van der Waals surface area (Å²) in [6.45, 7) is 1.94. The molecule has 3 rings (SSSR count). The number of hydrogen-bond donors (Lipinski definition) is 1. The largest absolute Gasteiger partial charge is 0.497 e. The minimum atomic E-state index is -0.220. The van der Waals surface area contributed by atoms with E-state index in [-0.39, 0.29) is 5.91 Å². The molecule has 1 aliphatic heterocycles. The number of aliphatic imine (C=N–C) groups is 1. The average Bonchev–Trinajstić information content (AvgIpc) is 3.06. The number of nitrogens with one attached hydrogen (secondary N) is 1. The van der Waals surface area contributed by atoms with Crippen LogP contribution in [-0.4, -0.2) is 33.1 Å². The van der Waals surface area contributed by atoms with E-state index < -0.39 is 0 Å². The van der Waals surface area contributed by atoms with Crippen molar-refractivity contribution in [1.82, 2.24) is 5.32 Å². The molecule has 1 heterocycles. The Kier molecular flexibility index (Phi) is 5.99. The third-order valence-corrected chi connectivity index (χ3v) is 4.57. The van der Waals surface area contributed by atoms with E-state index >= 15 is 0 Å². The molecular formula is C22H24N2O4. The van der Waals surface area contributed by atoms with Gasteiger partial charge in [-0.2, -0.15) is 0 Å². The smallest absolute Gasteiger partial charge is 0.275 e. The van der Waals surface area contributed by atoms with Gasteiger partial charge in [0.2, 0.25) is 0 Å². The summed E-state index contributed by atoms with van der Waals surface area (Å²) in [5.41, 5.74) is 3.18. The highest BCUT2D eigenvalue weighted by atomic mass is 16.5. The van der Waals surface area contributed by atoms with Crippen molar-refractivity contribution in [3.05, 3.63) is 58.8 Å². The molecule has 0 aliphatic carbocycles. The predicted molar refractivity (Wildman–Crippen MR) is 109 cm³/mol. The van der Waals surface area contributed by atoms with Crippen molar-refractivity contribution in [2.24, 2.45) is 4.99 Å². The van der Waals surface area contributed by atoms with Gasteiger partial charge in [0.05, 0.1) is 21.3 Å². The van der Waals surface area contributed by atoms with Gasteiger partial charge in [-0.3, -0.25) is 4.79 Å². The fourth-order valence-electron chi connectivity index (χ4n) is 3.06. The zero-order chi connectivity index (χ0) is 20.1. The number of carbonyl (C=O) groups is 1. The van der Waals surface area contributed by atoms with Crippen LogP contribution >= 0.6 is 0 Å². The topological polar surface area (TPSA) is 69.1 Å². The standard InChI is InChI=1S/C22H24N2O4/c1-14-10-20(28-4)16(13-19(14)27-3)12-18-22(25)24-21(23-18)9-8-15-6-5-7-17(11-15)26-2/h5-7,10-13H,8-9H2,1-4H3,(H,23,24,25)/b18-12+. The van der Waals surface area contributed by atoms with E-state index in [1.54, 1.807) is 27.4 Å². The second-order valence-electron chi connectivity index (χ2n) is 6.46. The summed E-state index contributed by atoms with van der Waals surface area (Å²) in [6.07, 6.45) is 3.10. The number of aryl methyl sites for hydroxylation is 2. The maximum Gasteiger partial charge on any atom is 0.275 e. The number of rotatable bonds is 7. The van der Waals surface area contributed by atoms with E-state index in [0.717, 1.165) is 34.6 Å². The maximum absolute atomic E-state index is 12.3. The summed E-state index contributed by atoms with van der Waals surface area (Å²) in [5.74, 6) is 2.64. The lowest BCUT2D eigenvalue weighted by atomic mass is 10.1. The molecule has 2 aromatic carbocycles. The monoisotopic (exact) mass is 380 g/mol. The van der Waals surface area contributed by atoms with Crippen LogP contribution in [0.3, 0.4) is 0 Å². The second-order valence-corrected chi connectivity index (χ2v) is 6.46. The quantitative estimate of drug-likeness (QED) is 0.746. The Morgan fingerprint density at radius 1 is 1.00 bits per heavy atom. The van der Waals surface area contributed by atoms with E-state index in [9.17, 15) is 4.79 Å². The summed E-state index contributed by atoms with van der Waals surface area (Å²) in [5, 5.41) is 2.84. The number of hydrogen-bond acceptors (Lipinski definition) is 5. The van der Waals surface area contributed by atoms with Gasteiger partial charge in [0.1, 0.15) is 28.8 Å². The maximum atomic E-state index is 12.3. The fourth-order valence-corrected chi connectivity index (χ4v) is 3.06. The minimum Gasteiger partial charge on any atom is -0.497 e. The molecular weight excluding hydrogens is 356 g/mol. The first-order chi connectivity index (χ1) is 13.5. The number of benzene rings is 2. The lowest BCUT2D eigenvalue weighted by Crippen LogP contribution is -2.24. The molecule has 0 saturated heterocycles. The molecule has 0 bridgehead atoms. The summed E-state index contributed by atoms with van der Waals surface area (Å²) >= 11 is 0. The van der Waals surface area contributed by atoms with Crippen molar-refractivity contribution in [1.29, 1.82) is 0 Å². The van der Waals surface area contributed by atoms with Crippen LogP contribution in [0.1, 0.15) is 23.1 Å². The Hall–Kier alpha value is -3.28. The van der Waals surface area contributed by atoms with Gasteiger partial charge in [0, 0.05) is 12.0 Å². The SMILES string of the molecule is COc1cccc(CCC2=N/C(=C/c3cc(OC)c(C)cc3OC)C(=O)N2)c1. The molecule has 0 radical (unpaired) electrons.